The first kappa shape index (κ1) is 8.50. The number of nitrogens with zero attached hydrogens (tertiary/aromatic N) is 1. The summed E-state index contributed by atoms with van der Waals surface area (Å²) in [4.78, 5) is 15.1. The van der Waals surface area contributed by atoms with Crippen molar-refractivity contribution < 1.29 is 9.90 Å². The zero-order valence-corrected chi connectivity index (χ0v) is 7.27. The zero-order chi connectivity index (χ0) is 10.1. The Bertz CT molecular complexity index is 503. The minimum absolute atomic E-state index is 0.0180. The number of benzene rings is 1. The van der Waals surface area contributed by atoms with Crippen LogP contribution in [0.15, 0.2) is 30.5 Å². The van der Waals surface area contributed by atoms with Crippen LogP contribution in [-0.4, -0.2) is 16.0 Å². The number of nitrogens with two attached hydrogens (primary N) is 1. The quantitative estimate of drug-likeness (QED) is 0.701. The van der Waals surface area contributed by atoms with Crippen LogP contribution in [0.1, 0.15) is 10.4 Å². The maximum absolute atomic E-state index is 11.1. The number of amides is 1. The third-order valence-corrected chi connectivity index (χ3v) is 2.01. The number of aromatic hydroxyl groups is 1. The number of carbonyl (C=O) groups excluding carboxylic acids is 1. The van der Waals surface area contributed by atoms with Gasteiger partial charge < -0.3 is 10.8 Å². The molecule has 0 fully saturated rings. The number of aromatic nitrogens is 1. The molecule has 0 unspecified atom stereocenters. The van der Waals surface area contributed by atoms with Crippen molar-refractivity contribution >= 4 is 16.8 Å². The number of pyridine rings is 1. The minimum Gasteiger partial charge on any atom is -0.507 e. The first-order chi connectivity index (χ1) is 6.70. The molecule has 0 atom stereocenters. The fourth-order valence-electron chi connectivity index (χ4n) is 1.39. The SMILES string of the molecule is NC(=O)c1cccc2nccc(O)c12. The Morgan fingerprint density at radius 3 is 2.86 bits per heavy atom. The molecule has 0 aliphatic heterocycles. The van der Waals surface area contributed by atoms with E-state index >= 15 is 0 Å². The van der Waals surface area contributed by atoms with Gasteiger partial charge in [-0.15, -0.1) is 0 Å². The number of hydrogen-bond acceptors (Lipinski definition) is 3. The molecule has 0 saturated heterocycles. The van der Waals surface area contributed by atoms with Gasteiger partial charge in [0.15, 0.2) is 0 Å². The molecule has 1 heterocycles. The Labute approximate surface area is 80.0 Å². The normalized spacial score (nSPS) is 10.3. The maximum Gasteiger partial charge on any atom is 0.249 e. The molecule has 14 heavy (non-hydrogen) atoms. The van der Waals surface area contributed by atoms with Gasteiger partial charge in [-0.2, -0.15) is 0 Å². The Kier molecular flexibility index (Phi) is 1.81. The monoisotopic (exact) mass is 188 g/mol. The fourth-order valence-corrected chi connectivity index (χ4v) is 1.39. The first-order valence-corrected chi connectivity index (χ1v) is 4.06. The van der Waals surface area contributed by atoms with Gasteiger partial charge in [0.25, 0.3) is 0 Å². The van der Waals surface area contributed by atoms with E-state index in [1.54, 1.807) is 18.2 Å². The molecule has 0 spiro atoms. The van der Waals surface area contributed by atoms with Gasteiger partial charge in [0.2, 0.25) is 5.91 Å². The van der Waals surface area contributed by atoms with Crippen LogP contribution in [0, 0.1) is 0 Å². The van der Waals surface area contributed by atoms with Crippen molar-refractivity contribution in [3.8, 4) is 5.75 Å². The van der Waals surface area contributed by atoms with Crippen LogP contribution < -0.4 is 5.73 Å². The van der Waals surface area contributed by atoms with E-state index in [9.17, 15) is 9.90 Å². The summed E-state index contributed by atoms with van der Waals surface area (Å²) in [6.45, 7) is 0. The predicted octanol–water partition coefficient (Wildman–Crippen LogP) is 1.04. The average molecular weight is 188 g/mol. The summed E-state index contributed by atoms with van der Waals surface area (Å²) in [6, 6.07) is 6.37. The van der Waals surface area contributed by atoms with Crippen LogP contribution in [0.2, 0.25) is 0 Å². The second-order valence-corrected chi connectivity index (χ2v) is 2.89. The Morgan fingerprint density at radius 2 is 2.14 bits per heavy atom. The van der Waals surface area contributed by atoms with Crippen molar-refractivity contribution in [2.24, 2.45) is 5.73 Å². The molecule has 70 valence electrons. The lowest BCUT2D eigenvalue weighted by molar-refractivity contribution is 0.100. The van der Waals surface area contributed by atoms with E-state index in [4.69, 9.17) is 5.73 Å². The van der Waals surface area contributed by atoms with E-state index in [1.807, 2.05) is 0 Å². The van der Waals surface area contributed by atoms with E-state index in [0.717, 1.165) is 0 Å². The van der Waals surface area contributed by atoms with Gasteiger partial charge in [0.05, 0.1) is 16.5 Å². The van der Waals surface area contributed by atoms with Crippen LogP contribution in [0.3, 0.4) is 0 Å². The molecule has 2 rings (SSSR count). The molecule has 3 N–H and O–H groups in total. The number of rotatable bonds is 1. The summed E-state index contributed by atoms with van der Waals surface area (Å²) in [7, 11) is 0. The van der Waals surface area contributed by atoms with Crippen LogP contribution >= 0.6 is 0 Å². The standard InChI is InChI=1S/C10H8N2O2/c11-10(14)6-2-1-3-7-9(6)8(13)4-5-12-7/h1-5H,(H2,11,14)(H,12,13). The largest absolute Gasteiger partial charge is 0.507 e. The van der Waals surface area contributed by atoms with Gasteiger partial charge >= 0.3 is 0 Å². The Balaban J connectivity index is 2.91. The fraction of sp³-hybridized carbons (Fsp3) is 0. The number of hydrogen-bond donors (Lipinski definition) is 2. The molecule has 0 radical (unpaired) electrons. The average Bonchev–Trinajstić information content (AvgIpc) is 2.17. The molecule has 0 aliphatic carbocycles. The second kappa shape index (κ2) is 2.99. The van der Waals surface area contributed by atoms with Gasteiger partial charge in [0.1, 0.15) is 5.75 Å². The number of primary amides is 1. The highest BCUT2D eigenvalue weighted by Gasteiger charge is 2.09. The summed E-state index contributed by atoms with van der Waals surface area (Å²) in [5.41, 5.74) is 6.01. The Morgan fingerprint density at radius 1 is 1.36 bits per heavy atom. The molecule has 4 nitrogen and oxygen atoms in total. The molecule has 1 amide bonds. The van der Waals surface area contributed by atoms with Crippen molar-refractivity contribution in [1.29, 1.82) is 0 Å². The van der Waals surface area contributed by atoms with E-state index < -0.39 is 5.91 Å². The summed E-state index contributed by atoms with van der Waals surface area (Å²) < 4.78 is 0. The molecule has 4 heteroatoms. The van der Waals surface area contributed by atoms with E-state index in [1.165, 1.54) is 12.3 Å². The van der Waals surface area contributed by atoms with Crippen LogP contribution in [0.5, 0.6) is 5.75 Å². The third-order valence-electron chi connectivity index (χ3n) is 2.01. The number of fused-ring (bicyclic) bond motifs is 1. The second-order valence-electron chi connectivity index (χ2n) is 2.89. The smallest absolute Gasteiger partial charge is 0.249 e. The van der Waals surface area contributed by atoms with E-state index in [2.05, 4.69) is 4.98 Å². The van der Waals surface area contributed by atoms with Crippen molar-refractivity contribution in [2.45, 2.75) is 0 Å². The Hall–Kier alpha value is -2.10. The van der Waals surface area contributed by atoms with Gasteiger partial charge in [0, 0.05) is 6.20 Å². The molecule has 0 saturated carbocycles. The van der Waals surface area contributed by atoms with Crippen molar-refractivity contribution in [3.63, 3.8) is 0 Å². The lowest BCUT2D eigenvalue weighted by Crippen LogP contribution is -2.11. The minimum atomic E-state index is -0.570. The van der Waals surface area contributed by atoms with E-state index in [0.29, 0.717) is 10.9 Å². The summed E-state index contributed by atoms with van der Waals surface area (Å²) in [5, 5.41) is 9.96. The molecular weight excluding hydrogens is 180 g/mol. The molecule has 0 aliphatic rings. The van der Waals surface area contributed by atoms with Gasteiger partial charge in [-0.25, -0.2) is 0 Å². The lowest BCUT2D eigenvalue weighted by atomic mass is 10.1. The predicted molar refractivity (Wildman–Crippen MR) is 51.9 cm³/mol. The van der Waals surface area contributed by atoms with Crippen molar-refractivity contribution in [2.75, 3.05) is 0 Å². The highest BCUT2D eigenvalue weighted by molar-refractivity contribution is 6.07. The number of carbonyl (C=O) groups is 1. The van der Waals surface area contributed by atoms with Gasteiger partial charge in [-0.1, -0.05) is 6.07 Å². The maximum atomic E-state index is 11.1. The molecule has 2 aromatic rings. The van der Waals surface area contributed by atoms with Crippen LogP contribution in [-0.2, 0) is 0 Å². The zero-order valence-electron chi connectivity index (χ0n) is 7.27. The van der Waals surface area contributed by atoms with Crippen LogP contribution in [0.25, 0.3) is 10.9 Å². The molecule has 0 bridgehead atoms. The lowest BCUT2D eigenvalue weighted by Gasteiger charge is -2.03. The summed E-state index contributed by atoms with van der Waals surface area (Å²) >= 11 is 0. The van der Waals surface area contributed by atoms with Crippen molar-refractivity contribution in [1.82, 2.24) is 4.98 Å². The summed E-state index contributed by atoms with van der Waals surface area (Å²) in [6.07, 6.45) is 1.47. The van der Waals surface area contributed by atoms with Gasteiger partial charge in [-0.05, 0) is 18.2 Å². The first-order valence-electron chi connectivity index (χ1n) is 4.06. The molecule has 1 aromatic heterocycles. The highest BCUT2D eigenvalue weighted by atomic mass is 16.3. The van der Waals surface area contributed by atoms with Gasteiger partial charge in [-0.3, -0.25) is 9.78 Å². The van der Waals surface area contributed by atoms with Crippen LogP contribution in [0.4, 0.5) is 0 Å². The topological polar surface area (TPSA) is 76.2 Å². The highest BCUT2D eigenvalue weighted by Crippen LogP contribution is 2.25. The third kappa shape index (κ3) is 1.17. The summed E-state index contributed by atoms with van der Waals surface area (Å²) in [5.74, 6) is -0.552. The molecule has 1 aromatic carbocycles. The van der Waals surface area contributed by atoms with E-state index in [-0.39, 0.29) is 11.3 Å². The molecular formula is C10H8N2O2. The van der Waals surface area contributed by atoms with Crippen molar-refractivity contribution in [3.05, 3.63) is 36.0 Å².